The predicted octanol–water partition coefficient (Wildman–Crippen LogP) is 3.41. The van der Waals surface area contributed by atoms with E-state index in [4.69, 9.17) is 4.74 Å². The van der Waals surface area contributed by atoms with Crippen molar-refractivity contribution in [2.75, 3.05) is 6.61 Å². The molecule has 0 heterocycles. The van der Waals surface area contributed by atoms with E-state index in [1.807, 2.05) is 12.1 Å². The number of hydrogen-bond acceptors (Lipinski definition) is 1. The molecule has 1 radical (unpaired) electrons. The third kappa shape index (κ3) is 3.10. The van der Waals surface area contributed by atoms with Crippen LogP contribution in [0.5, 0.6) is 5.75 Å². The molecule has 0 bridgehead atoms. The molecule has 0 saturated carbocycles. The van der Waals surface area contributed by atoms with Crippen LogP contribution in [0.3, 0.4) is 0 Å². The predicted molar refractivity (Wildman–Crippen MR) is 56.0 cm³/mol. The van der Waals surface area contributed by atoms with Crippen molar-refractivity contribution in [3.8, 4) is 5.75 Å². The Labute approximate surface area is 80.7 Å². The van der Waals surface area contributed by atoms with Crippen molar-refractivity contribution < 1.29 is 4.74 Å². The van der Waals surface area contributed by atoms with Gasteiger partial charge in [-0.2, -0.15) is 0 Å². The van der Waals surface area contributed by atoms with Gasteiger partial charge in [-0.15, -0.1) is 0 Å². The van der Waals surface area contributed by atoms with Crippen LogP contribution in [0.1, 0.15) is 31.7 Å². The molecule has 0 aliphatic rings. The fraction of sp³-hybridized carbons (Fsp3) is 0.417. The topological polar surface area (TPSA) is 9.23 Å². The third-order valence-electron chi connectivity index (χ3n) is 1.94. The zero-order valence-corrected chi connectivity index (χ0v) is 8.42. The van der Waals surface area contributed by atoms with Gasteiger partial charge >= 0.3 is 0 Å². The second-order valence-corrected chi connectivity index (χ2v) is 3.43. The van der Waals surface area contributed by atoms with E-state index in [0.717, 1.165) is 12.2 Å². The van der Waals surface area contributed by atoms with Crippen molar-refractivity contribution >= 4 is 0 Å². The molecule has 0 amide bonds. The lowest BCUT2D eigenvalue weighted by molar-refractivity contribution is 0.324. The minimum atomic E-state index is 0.559. The molecule has 0 fully saturated rings. The van der Waals surface area contributed by atoms with Gasteiger partial charge in [-0.05, 0) is 37.0 Å². The minimum Gasteiger partial charge on any atom is -0.494 e. The highest BCUT2D eigenvalue weighted by Gasteiger charge is 1.99. The molecule has 13 heavy (non-hydrogen) atoms. The molecular formula is C12H17O. The van der Waals surface area contributed by atoms with Gasteiger partial charge in [0.2, 0.25) is 0 Å². The van der Waals surface area contributed by atoms with Crippen molar-refractivity contribution in [3.63, 3.8) is 0 Å². The Morgan fingerprint density at radius 3 is 2.77 bits per heavy atom. The van der Waals surface area contributed by atoms with E-state index in [1.165, 1.54) is 5.56 Å². The number of benzene rings is 1. The summed E-state index contributed by atoms with van der Waals surface area (Å²) in [5, 5.41) is 0. The highest BCUT2D eigenvalue weighted by Crippen LogP contribution is 2.19. The van der Waals surface area contributed by atoms with E-state index in [-0.39, 0.29) is 0 Å². The van der Waals surface area contributed by atoms with Crippen LogP contribution >= 0.6 is 0 Å². The van der Waals surface area contributed by atoms with E-state index >= 15 is 0 Å². The van der Waals surface area contributed by atoms with Crippen LogP contribution < -0.4 is 4.74 Å². The number of hydrogen-bond donors (Lipinski definition) is 0. The van der Waals surface area contributed by atoms with Gasteiger partial charge in [0.1, 0.15) is 5.75 Å². The fourth-order valence-corrected chi connectivity index (χ4v) is 1.15. The highest BCUT2D eigenvalue weighted by molar-refractivity contribution is 5.30. The summed E-state index contributed by atoms with van der Waals surface area (Å²) < 4.78 is 5.48. The average Bonchev–Trinajstić information content (AvgIpc) is 2.15. The standard InChI is InChI=1S/C12H17O/c1-4-8-13-12-7-5-6-11(9-12)10(2)3/h5-7,9-10H,1,4,8H2,2-3H3. The van der Waals surface area contributed by atoms with Gasteiger partial charge in [0.05, 0.1) is 6.61 Å². The van der Waals surface area contributed by atoms with Crippen LogP contribution in [0, 0.1) is 6.92 Å². The van der Waals surface area contributed by atoms with Gasteiger partial charge in [-0.3, -0.25) is 0 Å². The Balaban J connectivity index is 2.68. The Morgan fingerprint density at radius 2 is 2.15 bits per heavy atom. The summed E-state index contributed by atoms with van der Waals surface area (Å²) in [6.45, 7) is 8.79. The molecule has 0 unspecified atom stereocenters. The maximum absolute atomic E-state index is 5.48. The van der Waals surface area contributed by atoms with Crippen LogP contribution in [0.25, 0.3) is 0 Å². The fourth-order valence-electron chi connectivity index (χ4n) is 1.15. The quantitative estimate of drug-likeness (QED) is 0.684. The van der Waals surface area contributed by atoms with E-state index in [1.54, 1.807) is 0 Å². The van der Waals surface area contributed by atoms with E-state index in [9.17, 15) is 0 Å². The molecule has 1 nitrogen and oxygen atoms in total. The van der Waals surface area contributed by atoms with Gasteiger partial charge in [-0.1, -0.05) is 26.0 Å². The third-order valence-corrected chi connectivity index (χ3v) is 1.94. The molecule has 71 valence electrons. The first kappa shape index (κ1) is 10.1. The van der Waals surface area contributed by atoms with Crippen LogP contribution in [0.15, 0.2) is 24.3 Å². The first-order chi connectivity index (χ1) is 6.24. The highest BCUT2D eigenvalue weighted by atomic mass is 16.5. The lowest BCUT2D eigenvalue weighted by Gasteiger charge is -2.08. The smallest absolute Gasteiger partial charge is 0.119 e. The Hall–Kier alpha value is -0.980. The monoisotopic (exact) mass is 177 g/mol. The van der Waals surface area contributed by atoms with Crippen molar-refractivity contribution in [3.05, 3.63) is 36.8 Å². The summed E-state index contributed by atoms with van der Waals surface area (Å²) in [4.78, 5) is 0. The first-order valence-electron chi connectivity index (χ1n) is 4.76. The van der Waals surface area contributed by atoms with E-state index < -0.39 is 0 Å². The maximum atomic E-state index is 5.48. The molecule has 1 aromatic rings. The molecule has 0 saturated heterocycles. The number of ether oxygens (including phenoxy) is 1. The Kier molecular flexibility index (Phi) is 3.81. The second-order valence-electron chi connectivity index (χ2n) is 3.43. The summed E-state index contributed by atoms with van der Waals surface area (Å²) in [5.74, 6) is 1.51. The normalized spacial score (nSPS) is 10.5. The van der Waals surface area contributed by atoms with Crippen molar-refractivity contribution in [2.24, 2.45) is 0 Å². The Morgan fingerprint density at radius 1 is 1.38 bits per heavy atom. The molecule has 1 rings (SSSR count). The summed E-state index contributed by atoms with van der Waals surface area (Å²) >= 11 is 0. The summed E-state index contributed by atoms with van der Waals surface area (Å²) in [5.41, 5.74) is 1.32. The maximum Gasteiger partial charge on any atom is 0.119 e. The molecule has 0 N–H and O–H groups in total. The largest absolute Gasteiger partial charge is 0.494 e. The summed E-state index contributed by atoms with van der Waals surface area (Å²) in [6, 6.07) is 8.25. The molecule has 1 aromatic carbocycles. The molecule has 0 aromatic heterocycles. The van der Waals surface area contributed by atoms with Crippen molar-refractivity contribution in [1.82, 2.24) is 0 Å². The van der Waals surface area contributed by atoms with Gasteiger partial charge in [0, 0.05) is 0 Å². The van der Waals surface area contributed by atoms with E-state index in [0.29, 0.717) is 12.5 Å². The van der Waals surface area contributed by atoms with E-state index in [2.05, 4.69) is 32.9 Å². The summed E-state index contributed by atoms with van der Waals surface area (Å²) in [6.07, 6.45) is 0.811. The zero-order chi connectivity index (χ0) is 9.68. The molecule has 0 atom stereocenters. The Bertz CT molecular complexity index is 253. The van der Waals surface area contributed by atoms with Crippen molar-refractivity contribution in [1.29, 1.82) is 0 Å². The molecule has 0 aliphatic carbocycles. The SMILES string of the molecule is [CH2]CCOc1cccc(C(C)C)c1. The van der Waals surface area contributed by atoms with Crippen LogP contribution in [-0.4, -0.2) is 6.61 Å². The van der Waals surface area contributed by atoms with Crippen molar-refractivity contribution in [2.45, 2.75) is 26.2 Å². The number of rotatable bonds is 4. The molecule has 0 aliphatic heterocycles. The zero-order valence-electron chi connectivity index (χ0n) is 8.42. The van der Waals surface area contributed by atoms with Crippen LogP contribution in [0.4, 0.5) is 0 Å². The molecule has 0 spiro atoms. The van der Waals surface area contributed by atoms with Gasteiger partial charge < -0.3 is 4.74 Å². The van der Waals surface area contributed by atoms with Crippen LogP contribution in [-0.2, 0) is 0 Å². The lowest BCUT2D eigenvalue weighted by Crippen LogP contribution is -1.96. The average molecular weight is 177 g/mol. The molecule has 1 heteroatoms. The minimum absolute atomic E-state index is 0.559. The van der Waals surface area contributed by atoms with Crippen LogP contribution in [0.2, 0.25) is 0 Å². The van der Waals surface area contributed by atoms with Gasteiger partial charge in [-0.25, -0.2) is 0 Å². The molecular weight excluding hydrogens is 160 g/mol. The summed E-state index contributed by atoms with van der Waals surface area (Å²) in [7, 11) is 0. The lowest BCUT2D eigenvalue weighted by atomic mass is 10.0. The second kappa shape index (κ2) is 4.90. The van der Waals surface area contributed by atoms with Gasteiger partial charge in [0.25, 0.3) is 0 Å². The first-order valence-corrected chi connectivity index (χ1v) is 4.76. The van der Waals surface area contributed by atoms with Gasteiger partial charge in [0.15, 0.2) is 0 Å².